The number of hydrogen-bond donors (Lipinski definition) is 4. The summed E-state index contributed by atoms with van der Waals surface area (Å²) < 4.78 is 0. The van der Waals surface area contributed by atoms with Crippen LogP contribution in [0, 0.1) is 0 Å². The number of carbonyl (C=O) groups is 4. The molecular weight excluding hydrogens is 246 g/mol. The van der Waals surface area contributed by atoms with E-state index in [0.717, 1.165) is 4.90 Å². The lowest BCUT2D eigenvalue weighted by Crippen LogP contribution is -2.55. The first-order valence-corrected chi connectivity index (χ1v) is 5.17. The standard InChI is InChI=1S/C9H13N3O6/c13-6-4-12(2-1-10-6)9(18)11-5(8(16)17)3-7(14)15/h5H,1-4H2,(H,10,13)(H,11,18)(H,14,15)(H,16,17). The van der Waals surface area contributed by atoms with Crippen molar-refractivity contribution in [1.82, 2.24) is 15.5 Å². The number of aliphatic carboxylic acids is 2. The molecule has 18 heavy (non-hydrogen) atoms. The van der Waals surface area contributed by atoms with Crippen molar-refractivity contribution < 1.29 is 29.4 Å². The van der Waals surface area contributed by atoms with Crippen molar-refractivity contribution in [2.24, 2.45) is 0 Å². The van der Waals surface area contributed by atoms with Gasteiger partial charge in [-0.1, -0.05) is 0 Å². The monoisotopic (exact) mass is 259 g/mol. The van der Waals surface area contributed by atoms with E-state index >= 15 is 0 Å². The number of carboxylic acids is 2. The van der Waals surface area contributed by atoms with Gasteiger partial charge in [0.25, 0.3) is 0 Å². The minimum atomic E-state index is -1.51. The molecule has 0 aromatic carbocycles. The summed E-state index contributed by atoms with van der Waals surface area (Å²) in [5, 5.41) is 21.8. The van der Waals surface area contributed by atoms with Crippen molar-refractivity contribution >= 4 is 23.9 Å². The number of amides is 3. The summed E-state index contributed by atoms with van der Waals surface area (Å²) in [6.45, 7) is 0.352. The highest BCUT2D eigenvalue weighted by atomic mass is 16.4. The molecule has 9 heteroatoms. The van der Waals surface area contributed by atoms with Crippen LogP contribution in [0.3, 0.4) is 0 Å². The predicted octanol–water partition coefficient (Wildman–Crippen LogP) is -1.94. The maximum Gasteiger partial charge on any atom is 0.326 e. The lowest BCUT2D eigenvalue weighted by atomic mass is 10.2. The first kappa shape index (κ1) is 13.7. The normalized spacial score (nSPS) is 16.7. The van der Waals surface area contributed by atoms with E-state index in [0.29, 0.717) is 0 Å². The average molecular weight is 259 g/mol. The quantitative estimate of drug-likeness (QED) is 0.463. The molecule has 1 atom stereocenters. The summed E-state index contributed by atoms with van der Waals surface area (Å²) in [4.78, 5) is 44.9. The number of rotatable bonds is 4. The molecule has 3 amide bonds. The Hall–Kier alpha value is -2.32. The van der Waals surface area contributed by atoms with Crippen LogP contribution in [0.15, 0.2) is 0 Å². The molecule has 100 valence electrons. The number of nitrogens with zero attached hydrogens (tertiary/aromatic N) is 1. The van der Waals surface area contributed by atoms with E-state index in [2.05, 4.69) is 10.6 Å². The van der Waals surface area contributed by atoms with Gasteiger partial charge >= 0.3 is 18.0 Å². The molecule has 1 unspecified atom stereocenters. The Balaban J connectivity index is 2.57. The zero-order valence-electron chi connectivity index (χ0n) is 9.38. The van der Waals surface area contributed by atoms with Gasteiger partial charge in [0.15, 0.2) is 0 Å². The van der Waals surface area contributed by atoms with E-state index in [-0.39, 0.29) is 25.5 Å². The molecule has 0 aromatic heterocycles. The van der Waals surface area contributed by atoms with Gasteiger partial charge in [-0.05, 0) is 0 Å². The second kappa shape index (κ2) is 5.84. The van der Waals surface area contributed by atoms with E-state index < -0.39 is 30.4 Å². The van der Waals surface area contributed by atoms with Gasteiger partial charge in [0.1, 0.15) is 12.6 Å². The summed E-state index contributed by atoms with van der Waals surface area (Å²) in [6.07, 6.45) is -0.721. The molecule has 1 heterocycles. The molecule has 0 aromatic rings. The molecule has 4 N–H and O–H groups in total. The summed E-state index contributed by atoms with van der Waals surface area (Å²) in [5.41, 5.74) is 0. The van der Waals surface area contributed by atoms with Gasteiger partial charge in [0.05, 0.1) is 6.42 Å². The number of piperazine rings is 1. The molecule has 0 radical (unpaired) electrons. The molecule has 0 aliphatic carbocycles. The highest BCUT2D eigenvalue weighted by Crippen LogP contribution is 1.98. The largest absolute Gasteiger partial charge is 0.481 e. The number of hydrogen-bond acceptors (Lipinski definition) is 4. The fourth-order valence-electron chi connectivity index (χ4n) is 1.43. The smallest absolute Gasteiger partial charge is 0.326 e. The zero-order valence-corrected chi connectivity index (χ0v) is 9.38. The number of carboxylic acid groups (broad SMARTS) is 2. The van der Waals surface area contributed by atoms with E-state index in [4.69, 9.17) is 10.2 Å². The van der Waals surface area contributed by atoms with E-state index in [9.17, 15) is 19.2 Å². The fourth-order valence-corrected chi connectivity index (χ4v) is 1.43. The Kier molecular flexibility index (Phi) is 4.46. The zero-order chi connectivity index (χ0) is 13.7. The maximum atomic E-state index is 11.6. The maximum absolute atomic E-state index is 11.6. The molecule has 1 saturated heterocycles. The molecule has 0 bridgehead atoms. The van der Waals surface area contributed by atoms with Gasteiger partial charge < -0.3 is 25.7 Å². The molecule has 0 saturated carbocycles. The van der Waals surface area contributed by atoms with Gasteiger partial charge in [-0.2, -0.15) is 0 Å². The van der Waals surface area contributed by atoms with Gasteiger partial charge in [0.2, 0.25) is 5.91 Å². The Morgan fingerprint density at radius 1 is 1.39 bits per heavy atom. The van der Waals surface area contributed by atoms with Crippen molar-refractivity contribution in [3.8, 4) is 0 Å². The first-order valence-electron chi connectivity index (χ1n) is 5.17. The highest BCUT2D eigenvalue weighted by Gasteiger charge is 2.27. The van der Waals surface area contributed by atoms with Crippen molar-refractivity contribution in [1.29, 1.82) is 0 Å². The fraction of sp³-hybridized carbons (Fsp3) is 0.556. The summed E-state index contributed by atoms with van der Waals surface area (Å²) in [5.74, 6) is -3.12. The van der Waals surface area contributed by atoms with Crippen LogP contribution in [-0.2, 0) is 14.4 Å². The second-order valence-electron chi connectivity index (χ2n) is 3.71. The van der Waals surface area contributed by atoms with Crippen LogP contribution in [0.5, 0.6) is 0 Å². The Labute approximate surface area is 102 Å². The predicted molar refractivity (Wildman–Crippen MR) is 56.8 cm³/mol. The minimum Gasteiger partial charge on any atom is -0.481 e. The van der Waals surface area contributed by atoms with Crippen LogP contribution in [0.1, 0.15) is 6.42 Å². The topological polar surface area (TPSA) is 136 Å². The van der Waals surface area contributed by atoms with Gasteiger partial charge in [0, 0.05) is 13.1 Å². The third-order valence-corrected chi connectivity index (χ3v) is 2.30. The van der Waals surface area contributed by atoms with Crippen molar-refractivity contribution in [3.63, 3.8) is 0 Å². The van der Waals surface area contributed by atoms with Gasteiger partial charge in [-0.3, -0.25) is 9.59 Å². The summed E-state index contributed by atoms with van der Waals surface area (Å²) in [7, 11) is 0. The third kappa shape index (κ3) is 3.92. The number of urea groups is 1. The second-order valence-corrected chi connectivity index (χ2v) is 3.71. The average Bonchev–Trinajstić information content (AvgIpc) is 2.27. The van der Waals surface area contributed by atoms with E-state index in [1.165, 1.54) is 0 Å². The molecule has 9 nitrogen and oxygen atoms in total. The van der Waals surface area contributed by atoms with Gasteiger partial charge in [-0.25, -0.2) is 9.59 Å². The summed E-state index contributed by atoms with van der Waals surface area (Å²) >= 11 is 0. The molecule has 1 fully saturated rings. The Bertz CT molecular complexity index is 382. The molecule has 1 aliphatic rings. The van der Waals surface area contributed by atoms with Crippen LogP contribution in [0.4, 0.5) is 4.79 Å². The number of carbonyl (C=O) groups excluding carboxylic acids is 2. The van der Waals surface area contributed by atoms with Crippen LogP contribution in [-0.4, -0.2) is 64.7 Å². The van der Waals surface area contributed by atoms with Crippen molar-refractivity contribution in [3.05, 3.63) is 0 Å². The highest BCUT2D eigenvalue weighted by molar-refractivity contribution is 5.89. The lowest BCUT2D eigenvalue weighted by Gasteiger charge is -2.27. The molecule has 1 rings (SSSR count). The first-order chi connectivity index (χ1) is 8.40. The minimum absolute atomic E-state index is 0.175. The Morgan fingerprint density at radius 3 is 2.56 bits per heavy atom. The van der Waals surface area contributed by atoms with Crippen LogP contribution in [0.25, 0.3) is 0 Å². The van der Waals surface area contributed by atoms with Crippen LogP contribution >= 0.6 is 0 Å². The Morgan fingerprint density at radius 2 is 2.06 bits per heavy atom. The van der Waals surface area contributed by atoms with Crippen LogP contribution in [0.2, 0.25) is 0 Å². The number of nitrogens with one attached hydrogen (secondary N) is 2. The van der Waals surface area contributed by atoms with Crippen molar-refractivity contribution in [2.75, 3.05) is 19.6 Å². The summed E-state index contributed by atoms with van der Waals surface area (Å²) in [6, 6.07) is -2.28. The van der Waals surface area contributed by atoms with Crippen molar-refractivity contribution in [2.45, 2.75) is 12.5 Å². The van der Waals surface area contributed by atoms with E-state index in [1.807, 2.05) is 0 Å². The lowest BCUT2D eigenvalue weighted by molar-refractivity contribution is -0.145. The van der Waals surface area contributed by atoms with E-state index in [1.54, 1.807) is 0 Å². The SMILES string of the molecule is O=C(O)CC(NC(=O)N1CCNC(=O)C1)C(=O)O. The molecular formula is C9H13N3O6. The molecule has 0 spiro atoms. The molecule has 1 aliphatic heterocycles. The van der Waals surface area contributed by atoms with Crippen LogP contribution < -0.4 is 10.6 Å². The van der Waals surface area contributed by atoms with Gasteiger partial charge in [-0.15, -0.1) is 0 Å². The third-order valence-electron chi connectivity index (χ3n) is 2.30.